The van der Waals surface area contributed by atoms with Crippen molar-refractivity contribution in [2.24, 2.45) is 26.6 Å². The number of nitrogens with two attached hydrogens (primary N) is 1. The second kappa shape index (κ2) is 5.80. The van der Waals surface area contributed by atoms with Gasteiger partial charge in [0.1, 0.15) is 5.78 Å². The monoisotopic (exact) mass is 351 g/mol. The zero-order valence-corrected chi connectivity index (χ0v) is 13.5. The van der Waals surface area contributed by atoms with Crippen LogP contribution in [0.1, 0.15) is 24.8 Å². The van der Waals surface area contributed by atoms with Crippen LogP contribution in [0.3, 0.4) is 0 Å². The van der Waals surface area contributed by atoms with E-state index in [9.17, 15) is 19.7 Å². The summed E-state index contributed by atoms with van der Waals surface area (Å²) in [4.78, 5) is 47.8. The SMILES string of the molecule is NC1=NC(=O)C2=C(c3cccc([N+](=O)[O-])c3)C3C(=O)CCCC3=NC2=N1. The molecule has 1 aromatic rings. The number of carbonyl (C=O) groups excluding carboxylic acids is 2. The van der Waals surface area contributed by atoms with E-state index in [-0.39, 0.29) is 28.8 Å². The molecule has 0 bridgehead atoms. The number of rotatable bonds is 2. The quantitative estimate of drug-likeness (QED) is 0.634. The summed E-state index contributed by atoms with van der Waals surface area (Å²) < 4.78 is 0. The van der Waals surface area contributed by atoms with Crippen molar-refractivity contribution in [3.8, 4) is 0 Å². The first-order valence-corrected chi connectivity index (χ1v) is 8.02. The van der Waals surface area contributed by atoms with E-state index in [4.69, 9.17) is 5.73 Å². The molecule has 9 heteroatoms. The highest BCUT2D eigenvalue weighted by Gasteiger charge is 2.41. The third kappa shape index (κ3) is 2.44. The summed E-state index contributed by atoms with van der Waals surface area (Å²) in [7, 11) is 0. The van der Waals surface area contributed by atoms with Crippen LogP contribution >= 0.6 is 0 Å². The topological polar surface area (TPSA) is 140 Å². The van der Waals surface area contributed by atoms with Crippen LogP contribution in [-0.4, -0.2) is 34.1 Å². The minimum absolute atomic E-state index is 0.0709. The van der Waals surface area contributed by atoms with Crippen LogP contribution in [0.15, 0.2) is 44.8 Å². The molecule has 2 N–H and O–H groups in total. The minimum atomic E-state index is -0.710. The van der Waals surface area contributed by atoms with Crippen LogP contribution in [0.25, 0.3) is 5.57 Å². The third-order valence-corrected chi connectivity index (χ3v) is 4.56. The Hall–Kier alpha value is -3.49. The highest BCUT2D eigenvalue weighted by Crippen LogP contribution is 2.39. The number of nitro benzene ring substituents is 1. The fourth-order valence-electron chi connectivity index (χ4n) is 3.51. The van der Waals surface area contributed by atoms with Gasteiger partial charge in [-0.2, -0.15) is 9.98 Å². The molecule has 1 aliphatic carbocycles. The van der Waals surface area contributed by atoms with Crippen molar-refractivity contribution in [3.63, 3.8) is 0 Å². The van der Waals surface area contributed by atoms with Gasteiger partial charge in [-0.05, 0) is 24.0 Å². The number of amides is 1. The Labute approximate surface area is 147 Å². The minimum Gasteiger partial charge on any atom is -0.368 e. The molecule has 0 radical (unpaired) electrons. The molecule has 1 atom stereocenters. The molecule has 0 aromatic heterocycles. The molecule has 0 saturated heterocycles. The first kappa shape index (κ1) is 16.0. The van der Waals surface area contributed by atoms with Gasteiger partial charge in [0.15, 0.2) is 5.84 Å². The Bertz CT molecular complexity index is 1000. The summed E-state index contributed by atoms with van der Waals surface area (Å²) >= 11 is 0. The van der Waals surface area contributed by atoms with Gasteiger partial charge in [0.2, 0.25) is 5.96 Å². The number of carbonyl (C=O) groups is 2. The van der Waals surface area contributed by atoms with Crippen molar-refractivity contribution >= 4 is 40.5 Å². The fraction of sp³-hybridized carbons (Fsp3) is 0.235. The molecule has 0 spiro atoms. The van der Waals surface area contributed by atoms with E-state index in [1.54, 1.807) is 6.07 Å². The lowest BCUT2D eigenvalue weighted by Crippen LogP contribution is -2.38. The normalized spacial score (nSPS) is 22.2. The molecule has 1 aromatic carbocycles. The maximum atomic E-state index is 12.6. The molecular formula is C17H13N5O4. The number of nitro groups is 1. The molecular weight excluding hydrogens is 338 g/mol. The largest absolute Gasteiger partial charge is 0.368 e. The summed E-state index contributed by atoms with van der Waals surface area (Å²) in [6, 6.07) is 5.84. The maximum absolute atomic E-state index is 12.6. The number of fused-ring (bicyclic) bond motifs is 2. The maximum Gasteiger partial charge on any atom is 0.284 e. The Morgan fingerprint density at radius 3 is 2.73 bits per heavy atom. The van der Waals surface area contributed by atoms with E-state index in [0.717, 1.165) is 0 Å². The highest BCUT2D eigenvalue weighted by molar-refractivity contribution is 6.38. The van der Waals surface area contributed by atoms with Gasteiger partial charge in [0.25, 0.3) is 11.6 Å². The van der Waals surface area contributed by atoms with E-state index >= 15 is 0 Å². The number of dihydropyridines is 1. The van der Waals surface area contributed by atoms with Gasteiger partial charge in [-0.3, -0.25) is 19.7 Å². The van der Waals surface area contributed by atoms with E-state index in [0.29, 0.717) is 36.1 Å². The van der Waals surface area contributed by atoms with Crippen molar-refractivity contribution in [2.75, 3.05) is 0 Å². The summed E-state index contributed by atoms with van der Waals surface area (Å²) in [6.45, 7) is 0. The van der Waals surface area contributed by atoms with Gasteiger partial charge in [-0.1, -0.05) is 12.1 Å². The van der Waals surface area contributed by atoms with Gasteiger partial charge in [0.05, 0.1) is 16.4 Å². The number of Topliss-reactive ketones (excluding diaryl/α,β-unsaturated/α-hetero) is 1. The Kier molecular flexibility index (Phi) is 3.57. The standard InChI is InChI=1S/C17H13N5O4/c18-17-20-15-14(16(24)21-17)12(8-3-1-4-9(7-8)22(25)26)13-10(19-15)5-2-6-11(13)23/h1,3-4,7,13H,2,5-6H2,(H2,18,21,24). The number of hydrogen-bond donors (Lipinski definition) is 1. The first-order valence-electron chi connectivity index (χ1n) is 8.02. The fourth-order valence-corrected chi connectivity index (χ4v) is 3.51. The number of benzene rings is 1. The van der Waals surface area contributed by atoms with Crippen molar-refractivity contribution in [1.82, 2.24) is 0 Å². The molecule has 3 aliphatic rings. The number of amidine groups is 1. The van der Waals surface area contributed by atoms with Gasteiger partial charge < -0.3 is 5.73 Å². The van der Waals surface area contributed by atoms with Crippen molar-refractivity contribution in [1.29, 1.82) is 0 Å². The Morgan fingerprint density at radius 2 is 1.96 bits per heavy atom. The lowest BCUT2D eigenvalue weighted by molar-refractivity contribution is -0.384. The van der Waals surface area contributed by atoms with Crippen LogP contribution in [0.4, 0.5) is 5.69 Å². The molecule has 26 heavy (non-hydrogen) atoms. The number of aliphatic imine (C=N–C) groups is 3. The lowest BCUT2D eigenvalue weighted by Gasteiger charge is -2.31. The predicted molar refractivity (Wildman–Crippen MR) is 93.9 cm³/mol. The third-order valence-electron chi connectivity index (χ3n) is 4.56. The average Bonchev–Trinajstić information content (AvgIpc) is 2.60. The lowest BCUT2D eigenvalue weighted by atomic mass is 9.74. The second-order valence-corrected chi connectivity index (χ2v) is 6.16. The number of non-ortho nitro benzene ring substituents is 1. The van der Waals surface area contributed by atoms with Crippen LogP contribution in [0.2, 0.25) is 0 Å². The van der Waals surface area contributed by atoms with Crippen molar-refractivity contribution in [3.05, 3.63) is 45.5 Å². The molecule has 1 saturated carbocycles. The van der Waals surface area contributed by atoms with E-state index in [2.05, 4.69) is 15.0 Å². The number of ketones is 1. The molecule has 1 unspecified atom stereocenters. The van der Waals surface area contributed by atoms with Crippen molar-refractivity contribution < 1.29 is 14.5 Å². The second-order valence-electron chi connectivity index (χ2n) is 6.16. The molecule has 2 aliphatic heterocycles. The van der Waals surface area contributed by atoms with E-state index in [1.807, 2.05) is 0 Å². The summed E-state index contributed by atoms with van der Waals surface area (Å²) in [5.74, 6) is -1.51. The van der Waals surface area contributed by atoms with Gasteiger partial charge in [-0.15, -0.1) is 0 Å². The summed E-state index contributed by atoms with van der Waals surface area (Å²) in [5, 5.41) is 11.1. The zero-order chi connectivity index (χ0) is 18.4. The summed E-state index contributed by atoms with van der Waals surface area (Å²) in [5.41, 5.74) is 6.92. The van der Waals surface area contributed by atoms with Crippen LogP contribution in [0.5, 0.6) is 0 Å². The van der Waals surface area contributed by atoms with Gasteiger partial charge >= 0.3 is 0 Å². The molecule has 2 heterocycles. The average molecular weight is 351 g/mol. The molecule has 9 nitrogen and oxygen atoms in total. The van der Waals surface area contributed by atoms with Crippen LogP contribution < -0.4 is 5.73 Å². The number of hydrogen-bond acceptors (Lipinski definition) is 7. The number of nitrogens with zero attached hydrogens (tertiary/aromatic N) is 4. The molecule has 1 fully saturated rings. The zero-order valence-electron chi connectivity index (χ0n) is 13.5. The Balaban J connectivity index is 1.99. The van der Waals surface area contributed by atoms with Crippen molar-refractivity contribution in [2.45, 2.75) is 19.3 Å². The molecule has 130 valence electrons. The number of guanidine groups is 1. The molecule has 4 rings (SSSR count). The van der Waals surface area contributed by atoms with E-state index in [1.165, 1.54) is 18.2 Å². The first-order chi connectivity index (χ1) is 12.5. The van der Waals surface area contributed by atoms with Crippen LogP contribution in [-0.2, 0) is 9.59 Å². The van der Waals surface area contributed by atoms with Gasteiger partial charge in [0, 0.05) is 24.3 Å². The van der Waals surface area contributed by atoms with Crippen LogP contribution in [0, 0.1) is 16.0 Å². The molecule has 1 amide bonds. The highest BCUT2D eigenvalue weighted by atomic mass is 16.6. The Morgan fingerprint density at radius 1 is 1.15 bits per heavy atom. The number of allylic oxidation sites excluding steroid dienone is 1. The predicted octanol–water partition coefficient (Wildman–Crippen LogP) is 1.43. The smallest absolute Gasteiger partial charge is 0.284 e. The van der Waals surface area contributed by atoms with Gasteiger partial charge in [-0.25, -0.2) is 4.99 Å². The van der Waals surface area contributed by atoms with E-state index < -0.39 is 16.7 Å². The summed E-state index contributed by atoms with van der Waals surface area (Å²) in [6.07, 6.45) is 1.62.